The first-order valence-corrected chi connectivity index (χ1v) is 16.6. The van der Waals surface area contributed by atoms with Crippen LogP contribution in [0.15, 0.2) is 174 Å². The minimum atomic E-state index is 0.701. The Kier molecular flexibility index (Phi) is 6.18. The lowest BCUT2D eigenvalue weighted by Gasteiger charge is -2.14. The quantitative estimate of drug-likeness (QED) is 0.183. The molecule has 0 N–H and O–H groups in total. The van der Waals surface area contributed by atoms with Crippen molar-refractivity contribution in [3.63, 3.8) is 0 Å². The molecule has 3 nitrogen and oxygen atoms in total. The molecule has 0 amide bonds. The minimum Gasteiger partial charge on any atom is -0.456 e. The molecule has 49 heavy (non-hydrogen) atoms. The van der Waals surface area contributed by atoms with Crippen LogP contribution in [-0.4, -0.2) is 9.97 Å². The predicted molar refractivity (Wildman–Crippen MR) is 204 cm³/mol. The first-order chi connectivity index (χ1) is 24.3. The Morgan fingerprint density at radius 2 is 0.898 bits per heavy atom. The van der Waals surface area contributed by atoms with Gasteiger partial charge < -0.3 is 4.42 Å². The zero-order valence-corrected chi connectivity index (χ0v) is 26.5. The van der Waals surface area contributed by atoms with Crippen molar-refractivity contribution in [2.45, 2.75) is 0 Å². The lowest BCUT2D eigenvalue weighted by molar-refractivity contribution is 0.669. The van der Waals surface area contributed by atoms with Gasteiger partial charge in [-0.15, -0.1) is 0 Å². The molecular formula is C46H28N2O. The number of para-hydroxylation sites is 1. The summed E-state index contributed by atoms with van der Waals surface area (Å²) >= 11 is 0. The number of hydrogen-bond donors (Lipinski definition) is 0. The molecule has 0 fully saturated rings. The van der Waals surface area contributed by atoms with Gasteiger partial charge in [0, 0.05) is 32.8 Å². The maximum atomic E-state index is 6.31. The SMILES string of the molecule is c1ccc(-c2cccc(-c3nc(-c4ccccc4)cc(-c4ccc5c(c4)c4ccccc4c4c5ccc5oc6ccccc6c54)n3)c2)cc1. The molecule has 0 aliphatic rings. The van der Waals surface area contributed by atoms with Gasteiger partial charge in [-0.3, -0.25) is 0 Å². The van der Waals surface area contributed by atoms with Crippen LogP contribution in [0.4, 0.5) is 0 Å². The summed E-state index contributed by atoms with van der Waals surface area (Å²) in [6, 6.07) is 59.6. The number of fused-ring (bicyclic) bond motifs is 10. The van der Waals surface area contributed by atoms with E-state index in [1.807, 2.05) is 24.3 Å². The summed E-state index contributed by atoms with van der Waals surface area (Å²) in [4.78, 5) is 10.3. The summed E-state index contributed by atoms with van der Waals surface area (Å²) < 4.78 is 6.31. The van der Waals surface area contributed by atoms with E-state index in [4.69, 9.17) is 14.4 Å². The first-order valence-electron chi connectivity index (χ1n) is 16.6. The van der Waals surface area contributed by atoms with Crippen molar-refractivity contribution in [3.8, 4) is 45.0 Å². The lowest BCUT2D eigenvalue weighted by atomic mass is 9.90. The third-order valence-electron chi connectivity index (χ3n) is 9.66. The van der Waals surface area contributed by atoms with Crippen molar-refractivity contribution in [1.29, 1.82) is 0 Å². The van der Waals surface area contributed by atoms with Crippen LogP contribution in [0.25, 0.3) is 99.3 Å². The van der Waals surface area contributed by atoms with Crippen LogP contribution >= 0.6 is 0 Å². The van der Waals surface area contributed by atoms with Crippen LogP contribution in [0.5, 0.6) is 0 Å². The zero-order valence-electron chi connectivity index (χ0n) is 26.5. The van der Waals surface area contributed by atoms with Crippen molar-refractivity contribution in [1.82, 2.24) is 9.97 Å². The van der Waals surface area contributed by atoms with E-state index in [0.717, 1.165) is 55.8 Å². The van der Waals surface area contributed by atoms with Gasteiger partial charge in [-0.1, -0.05) is 133 Å². The molecular weight excluding hydrogens is 597 g/mol. The number of benzene rings is 8. The second-order valence-electron chi connectivity index (χ2n) is 12.5. The van der Waals surface area contributed by atoms with Crippen molar-refractivity contribution in [3.05, 3.63) is 170 Å². The summed E-state index contributed by atoms with van der Waals surface area (Å²) in [5.74, 6) is 0.701. The Labute approximate surface area is 282 Å². The number of furan rings is 1. The average molecular weight is 625 g/mol. The van der Waals surface area contributed by atoms with Gasteiger partial charge in [0.15, 0.2) is 5.82 Å². The zero-order chi connectivity index (χ0) is 32.3. The van der Waals surface area contributed by atoms with E-state index in [0.29, 0.717) is 5.82 Å². The average Bonchev–Trinajstić information content (AvgIpc) is 3.57. The van der Waals surface area contributed by atoms with Gasteiger partial charge in [0.1, 0.15) is 11.2 Å². The highest BCUT2D eigenvalue weighted by Gasteiger charge is 2.17. The standard InChI is InChI=1S/C46H28N2O/c1-3-12-29(13-4-1)31-16-11-17-33(26-31)46-47-40(30-14-5-2-6-15-30)28-41(48-46)32-22-23-35-37-24-25-43-45(38-20-9-10-21-42(38)49-43)44(37)36-19-8-7-18-34(36)39(35)27-32/h1-28H. The highest BCUT2D eigenvalue weighted by atomic mass is 16.3. The molecule has 0 spiro atoms. The van der Waals surface area contributed by atoms with E-state index in [1.54, 1.807) is 0 Å². The third kappa shape index (κ3) is 4.51. The van der Waals surface area contributed by atoms with E-state index < -0.39 is 0 Å². The lowest BCUT2D eigenvalue weighted by Crippen LogP contribution is -1.96. The Balaban J connectivity index is 1.21. The molecule has 0 aliphatic heterocycles. The molecule has 0 radical (unpaired) electrons. The van der Waals surface area contributed by atoms with Gasteiger partial charge in [0.25, 0.3) is 0 Å². The van der Waals surface area contributed by atoms with E-state index in [9.17, 15) is 0 Å². The van der Waals surface area contributed by atoms with E-state index in [2.05, 4.69) is 146 Å². The summed E-state index contributed by atoms with van der Waals surface area (Å²) in [7, 11) is 0. The second kappa shape index (κ2) is 11.0. The van der Waals surface area contributed by atoms with E-state index >= 15 is 0 Å². The number of aromatic nitrogens is 2. The fourth-order valence-corrected chi connectivity index (χ4v) is 7.37. The number of rotatable bonds is 4. The van der Waals surface area contributed by atoms with Crippen LogP contribution in [0.1, 0.15) is 0 Å². The molecule has 228 valence electrons. The number of hydrogen-bond acceptors (Lipinski definition) is 3. The second-order valence-corrected chi connectivity index (χ2v) is 12.5. The first kappa shape index (κ1) is 27.5. The van der Waals surface area contributed by atoms with Crippen molar-refractivity contribution in [2.75, 3.05) is 0 Å². The Morgan fingerprint density at radius 1 is 0.306 bits per heavy atom. The molecule has 2 heterocycles. The molecule has 2 aromatic heterocycles. The maximum absolute atomic E-state index is 6.31. The number of nitrogens with zero attached hydrogens (tertiary/aromatic N) is 2. The largest absolute Gasteiger partial charge is 0.456 e. The van der Waals surface area contributed by atoms with Crippen LogP contribution in [0.3, 0.4) is 0 Å². The predicted octanol–water partition coefficient (Wildman–Crippen LogP) is 12.5. The normalized spacial score (nSPS) is 11.7. The van der Waals surface area contributed by atoms with E-state index in [1.165, 1.54) is 37.7 Å². The summed E-state index contributed by atoms with van der Waals surface area (Å²) in [6.07, 6.45) is 0. The topological polar surface area (TPSA) is 38.9 Å². The molecule has 0 saturated heterocycles. The molecule has 10 aromatic rings. The Bertz CT molecular complexity index is 2850. The van der Waals surface area contributed by atoms with Crippen molar-refractivity contribution >= 4 is 54.3 Å². The highest BCUT2D eigenvalue weighted by molar-refractivity contribution is 6.34. The fraction of sp³-hybridized carbons (Fsp3) is 0. The monoisotopic (exact) mass is 624 g/mol. The van der Waals surface area contributed by atoms with Crippen molar-refractivity contribution < 1.29 is 4.42 Å². The van der Waals surface area contributed by atoms with Gasteiger partial charge in [-0.05, 0) is 74.5 Å². The highest BCUT2D eigenvalue weighted by Crippen LogP contribution is 2.43. The molecule has 0 saturated carbocycles. The van der Waals surface area contributed by atoms with E-state index in [-0.39, 0.29) is 0 Å². The molecule has 0 unspecified atom stereocenters. The summed E-state index contributed by atoms with van der Waals surface area (Å²) in [5.41, 5.74) is 8.98. The van der Waals surface area contributed by atoms with Gasteiger partial charge in [-0.2, -0.15) is 0 Å². The fourth-order valence-electron chi connectivity index (χ4n) is 7.37. The van der Waals surface area contributed by atoms with Gasteiger partial charge in [0.2, 0.25) is 0 Å². The summed E-state index contributed by atoms with van der Waals surface area (Å²) in [6.45, 7) is 0. The molecule has 0 bridgehead atoms. The molecule has 3 heteroatoms. The van der Waals surface area contributed by atoms with Gasteiger partial charge in [-0.25, -0.2) is 9.97 Å². The molecule has 8 aromatic carbocycles. The molecule has 10 rings (SSSR count). The molecule has 0 aliphatic carbocycles. The van der Waals surface area contributed by atoms with Crippen molar-refractivity contribution in [2.24, 2.45) is 0 Å². The minimum absolute atomic E-state index is 0.701. The van der Waals surface area contributed by atoms with Gasteiger partial charge in [0.05, 0.1) is 11.4 Å². The third-order valence-corrected chi connectivity index (χ3v) is 9.66. The van der Waals surface area contributed by atoms with Crippen LogP contribution in [-0.2, 0) is 0 Å². The van der Waals surface area contributed by atoms with Crippen LogP contribution in [0.2, 0.25) is 0 Å². The maximum Gasteiger partial charge on any atom is 0.160 e. The Hall–Kier alpha value is -6.58. The molecule has 0 atom stereocenters. The smallest absolute Gasteiger partial charge is 0.160 e. The summed E-state index contributed by atoms with van der Waals surface area (Å²) in [5, 5.41) is 9.57. The van der Waals surface area contributed by atoms with Gasteiger partial charge >= 0.3 is 0 Å². The van der Waals surface area contributed by atoms with Crippen LogP contribution < -0.4 is 0 Å². The van der Waals surface area contributed by atoms with Crippen LogP contribution in [0, 0.1) is 0 Å². The Morgan fingerprint density at radius 3 is 1.71 bits per heavy atom.